The van der Waals surface area contributed by atoms with Crippen LogP contribution in [0.15, 0.2) is 30.4 Å². The zero-order valence-corrected chi connectivity index (χ0v) is 11.1. The molecule has 6 atom stereocenters. The third-order valence-corrected chi connectivity index (χ3v) is 6.05. The maximum atomic E-state index is 9.28. The van der Waals surface area contributed by atoms with Gasteiger partial charge >= 0.3 is 0 Å². The van der Waals surface area contributed by atoms with Gasteiger partial charge in [0.2, 0.25) is 0 Å². The second-order valence-corrected chi connectivity index (χ2v) is 6.41. The molecule has 0 unspecified atom stereocenters. The van der Waals surface area contributed by atoms with Crippen molar-refractivity contribution in [2.24, 2.45) is 11.8 Å². The largest absolute Gasteiger partial charge is 0.192 e. The van der Waals surface area contributed by atoms with Crippen molar-refractivity contribution in [2.75, 3.05) is 0 Å². The SMILES string of the molecule is N#Cc1cccc2c1[C@@H]1C=C[C@H]2[C@H]2[C@H](Cl)[C@H](Cl)[C@@H]21. The van der Waals surface area contributed by atoms with Gasteiger partial charge in [0.15, 0.2) is 0 Å². The van der Waals surface area contributed by atoms with Crippen LogP contribution in [0.1, 0.15) is 28.5 Å². The Bertz CT molecular complexity index is 601. The lowest BCUT2D eigenvalue weighted by Crippen LogP contribution is -2.57. The average molecular weight is 276 g/mol. The van der Waals surface area contributed by atoms with Crippen molar-refractivity contribution in [2.45, 2.75) is 22.6 Å². The lowest BCUT2D eigenvalue weighted by Gasteiger charge is -2.58. The van der Waals surface area contributed by atoms with E-state index in [0.717, 1.165) is 5.56 Å². The summed E-state index contributed by atoms with van der Waals surface area (Å²) in [5, 5.41) is 9.38. The number of nitrogens with zero attached hydrogens (tertiary/aromatic N) is 1. The number of hydrogen-bond donors (Lipinski definition) is 0. The van der Waals surface area contributed by atoms with E-state index >= 15 is 0 Å². The minimum absolute atomic E-state index is 0.0361. The van der Waals surface area contributed by atoms with Crippen LogP contribution in [0.25, 0.3) is 0 Å². The summed E-state index contributed by atoms with van der Waals surface area (Å²) in [7, 11) is 0. The molecule has 0 aromatic heterocycles. The molecule has 18 heavy (non-hydrogen) atoms. The normalized spacial score (nSPS) is 42.7. The second kappa shape index (κ2) is 3.53. The van der Waals surface area contributed by atoms with Crippen molar-refractivity contribution in [1.82, 2.24) is 0 Å². The van der Waals surface area contributed by atoms with E-state index in [9.17, 15) is 5.26 Å². The first-order valence-corrected chi connectivity index (χ1v) is 7.10. The van der Waals surface area contributed by atoms with E-state index in [0.29, 0.717) is 17.8 Å². The summed E-state index contributed by atoms with van der Waals surface area (Å²) in [6.07, 6.45) is 4.49. The summed E-state index contributed by atoms with van der Waals surface area (Å²) in [5.74, 6) is 1.49. The van der Waals surface area contributed by atoms with E-state index in [1.54, 1.807) is 0 Å². The zero-order valence-electron chi connectivity index (χ0n) is 9.55. The molecule has 90 valence electrons. The molecule has 1 fully saturated rings. The van der Waals surface area contributed by atoms with Crippen molar-refractivity contribution in [3.8, 4) is 6.07 Å². The van der Waals surface area contributed by atoms with E-state index in [1.165, 1.54) is 11.1 Å². The van der Waals surface area contributed by atoms with Gasteiger partial charge in [-0.1, -0.05) is 24.3 Å². The molecule has 1 nitrogen and oxygen atoms in total. The minimum Gasteiger partial charge on any atom is -0.192 e. The maximum Gasteiger partial charge on any atom is 0.0994 e. The fraction of sp³-hybridized carbons (Fsp3) is 0.400. The number of alkyl halides is 2. The van der Waals surface area contributed by atoms with Crippen LogP contribution in [0.4, 0.5) is 0 Å². The Labute approximate surface area is 116 Å². The Morgan fingerprint density at radius 3 is 2.39 bits per heavy atom. The van der Waals surface area contributed by atoms with Crippen LogP contribution in [0.5, 0.6) is 0 Å². The van der Waals surface area contributed by atoms with Crippen LogP contribution in [0.3, 0.4) is 0 Å². The summed E-state index contributed by atoms with van der Waals surface area (Å²) in [4.78, 5) is 0. The van der Waals surface area contributed by atoms with Crippen LogP contribution in [-0.4, -0.2) is 10.8 Å². The lowest BCUT2D eigenvalue weighted by molar-refractivity contribution is 0.129. The molecule has 4 aliphatic carbocycles. The van der Waals surface area contributed by atoms with E-state index in [4.69, 9.17) is 23.2 Å². The molecule has 0 heterocycles. The van der Waals surface area contributed by atoms with Gasteiger partial charge in [-0.2, -0.15) is 5.26 Å². The summed E-state index contributed by atoms with van der Waals surface area (Å²) < 4.78 is 0. The Balaban J connectivity index is 1.94. The Hall–Kier alpha value is -0.970. The fourth-order valence-electron chi connectivity index (χ4n) is 4.02. The number of benzene rings is 1. The first-order chi connectivity index (χ1) is 8.74. The van der Waals surface area contributed by atoms with Crippen molar-refractivity contribution >= 4 is 23.2 Å². The highest BCUT2D eigenvalue weighted by atomic mass is 35.5. The summed E-state index contributed by atoms with van der Waals surface area (Å²) in [5.41, 5.74) is 3.28. The van der Waals surface area contributed by atoms with Gasteiger partial charge in [-0.3, -0.25) is 0 Å². The van der Waals surface area contributed by atoms with Crippen LogP contribution in [0, 0.1) is 23.2 Å². The maximum absolute atomic E-state index is 9.28. The third kappa shape index (κ3) is 1.09. The first-order valence-electron chi connectivity index (χ1n) is 6.23. The summed E-state index contributed by atoms with van der Waals surface area (Å²) in [6, 6.07) is 8.33. The average Bonchev–Trinajstić information content (AvgIpc) is 2.45. The van der Waals surface area contributed by atoms with Crippen LogP contribution in [0.2, 0.25) is 0 Å². The molecule has 0 amide bonds. The quantitative estimate of drug-likeness (QED) is 0.522. The van der Waals surface area contributed by atoms with Crippen LogP contribution >= 0.6 is 23.2 Å². The van der Waals surface area contributed by atoms with Gasteiger partial charge in [-0.25, -0.2) is 0 Å². The highest BCUT2D eigenvalue weighted by Gasteiger charge is 2.59. The monoisotopic (exact) mass is 275 g/mol. The fourth-order valence-corrected chi connectivity index (χ4v) is 5.00. The highest BCUT2D eigenvalue weighted by molar-refractivity contribution is 6.31. The van der Waals surface area contributed by atoms with Gasteiger partial charge in [0.05, 0.1) is 22.4 Å². The smallest absolute Gasteiger partial charge is 0.0994 e. The molecule has 1 saturated carbocycles. The van der Waals surface area contributed by atoms with Crippen molar-refractivity contribution in [1.29, 1.82) is 5.26 Å². The van der Waals surface area contributed by atoms with Crippen molar-refractivity contribution < 1.29 is 0 Å². The molecule has 0 radical (unpaired) electrons. The van der Waals surface area contributed by atoms with E-state index in [-0.39, 0.29) is 16.7 Å². The number of rotatable bonds is 0. The number of halogens is 2. The van der Waals surface area contributed by atoms with Crippen LogP contribution < -0.4 is 0 Å². The molecule has 0 N–H and O–H groups in total. The minimum atomic E-state index is 0.0361. The molecular formula is C15H11Cl2N. The Morgan fingerprint density at radius 2 is 1.67 bits per heavy atom. The standard InChI is InChI=1S/C15H11Cl2N/c16-14-12-9-4-5-10(13(12)15(14)17)11-7(6-18)2-1-3-8(9)11/h1-5,9-10,12-15H/t9-,10+,12-,13-,14+,15-/m1/s1. The summed E-state index contributed by atoms with van der Waals surface area (Å²) >= 11 is 12.8. The molecule has 1 aromatic rings. The van der Waals surface area contributed by atoms with Gasteiger partial charge < -0.3 is 0 Å². The number of allylic oxidation sites excluding steroid dienone is 2. The van der Waals surface area contributed by atoms with Crippen molar-refractivity contribution in [3.05, 3.63) is 47.0 Å². The molecule has 1 aromatic carbocycles. The number of hydrogen-bond acceptors (Lipinski definition) is 1. The van der Waals surface area contributed by atoms with E-state index in [1.807, 2.05) is 12.1 Å². The van der Waals surface area contributed by atoms with Crippen molar-refractivity contribution in [3.63, 3.8) is 0 Å². The molecule has 0 aliphatic heterocycles. The molecule has 0 saturated heterocycles. The Morgan fingerprint density at radius 1 is 1.00 bits per heavy atom. The molecule has 3 heteroatoms. The zero-order chi connectivity index (χ0) is 12.4. The number of nitriles is 1. The van der Waals surface area contributed by atoms with Gasteiger partial charge in [-0.15, -0.1) is 23.2 Å². The molecule has 4 aliphatic rings. The molecular weight excluding hydrogens is 265 g/mol. The predicted octanol–water partition coefficient (Wildman–Crippen LogP) is 3.77. The third-order valence-electron chi connectivity index (χ3n) is 4.79. The molecule has 5 rings (SSSR count). The first kappa shape index (κ1) is 10.9. The van der Waals surface area contributed by atoms with Crippen LogP contribution in [-0.2, 0) is 0 Å². The van der Waals surface area contributed by atoms with Gasteiger partial charge in [-0.05, 0) is 29.0 Å². The Kier molecular flexibility index (Phi) is 2.14. The van der Waals surface area contributed by atoms with Gasteiger partial charge in [0.25, 0.3) is 0 Å². The second-order valence-electron chi connectivity index (χ2n) is 5.40. The van der Waals surface area contributed by atoms with E-state index in [2.05, 4.69) is 24.3 Å². The van der Waals surface area contributed by atoms with E-state index < -0.39 is 0 Å². The predicted molar refractivity (Wildman–Crippen MR) is 72.0 cm³/mol. The molecule has 0 spiro atoms. The summed E-state index contributed by atoms with van der Waals surface area (Å²) in [6.45, 7) is 0. The molecule has 2 bridgehead atoms. The van der Waals surface area contributed by atoms with Gasteiger partial charge in [0, 0.05) is 11.8 Å². The topological polar surface area (TPSA) is 23.8 Å². The lowest BCUT2D eigenvalue weighted by atomic mass is 9.50. The highest BCUT2D eigenvalue weighted by Crippen LogP contribution is 2.63. The van der Waals surface area contributed by atoms with Gasteiger partial charge in [0.1, 0.15) is 0 Å².